The van der Waals surface area contributed by atoms with Crippen molar-refractivity contribution in [2.45, 2.75) is 201 Å². The van der Waals surface area contributed by atoms with Gasteiger partial charge < -0.3 is 14.2 Å². The molecule has 236 valence electrons. The molecule has 0 radical (unpaired) electrons. The first kappa shape index (κ1) is 38.4. The van der Waals surface area contributed by atoms with Gasteiger partial charge in [0, 0.05) is 25.7 Å². The molecule has 0 rings (SSSR count). The Hall–Kier alpha value is -1.59. The fourth-order valence-electron chi connectivity index (χ4n) is 4.91. The van der Waals surface area contributed by atoms with Gasteiger partial charge in [0.2, 0.25) is 0 Å². The number of carbonyl (C=O) groups excluding carboxylic acids is 3. The zero-order valence-corrected chi connectivity index (χ0v) is 26.9. The second-order valence-electron chi connectivity index (χ2n) is 11.7. The number of esters is 3. The molecule has 6 nitrogen and oxygen atoms in total. The largest absolute Gasteiger partial charge is 0.463 e. The number of hydrogen-bond donors (Lipinski definition) is 0. The Morgan fingerprint density at radius 1 is 0.450 bits per heavy atom. The highest BCUT2D eigenvalue weighted by Gasteiger charge is 2.22. The second kappa shape index (κ2) is 27.6. The van der Waals surface area contributed by atoms with Crippen molar-refractivity contribution in [3.8, 4) is 0 Å². The van der Waals surface area contributed by atoms with E-state index >= 15 is 0 Å². The first-order valence-corrected chi connectivity index (χ1v) is 16.9. The summed E-state index contributed by atoms with van der Waals surface area (Å²) in [6, 6.07) is 0. The van der Waals surface area contributed by atoms with Crippen LogP contribution in [0.3, 0.4) is 0 Å². The normalized spacial score (nSPS) is 13.4. The molecule has 0 aliphatic rings. The van der Waals surface area contributed by atoms with Crippen molar-refractivity contribution in [1.29, 1.82) is 0 Å². The van der Waals surface area contributed by atoms with Crippen LogP contribution in [0, 0.1) is 0 Å². The van der Waals surface area contributed by atoms with Crippen LogP contribution in [0.2, 0.25) is 0 Å². The summed E-state index contributed by atoms with van der Waals surface area (Å²) in [6.45, 7) is 10.3. The minimum atomic E-state index is -0.361. The smallest absolute Gasteiger partial charge is 0.306 e. The van der Waals surface area contributed by atoms with Crippen molar-refractivity contribution in [2.24, 2.45) is 0 Å². The number of ether oxygens (including phenoxy) is 3. The zero-order chi connectivity index (χ0) is 29.8. The van der Waals surface area contributed by atoms with E-state index in [1.807, 2.05) is 13.8 Å². The minimum absolute atomic E-state index is 0.155. The molecule has 0 heterocycles. The summed E-state index contributed by atoms with van der Waals surface area (Å²) in [5.41, 5.74) is 0. The van der Waals surface area contributed by atoms with Crippen LogP contribution in [-0.2, 0) is 28.6 Å². The summed E-state index contributed by atoms with van der Waals surface area (Å²) >= 11 is 0. The van der Waals surface area contributed by atoms with Gasteiger partial charge in [-0.05, 0) is 46.0 Å². The molecule has 0 aromatic carbocycles. The van der Waals surface area contributed by atoms with Crippen LogP contribution < -0.4 is 0 Å². The Labute approximate surface area is 247 Å². The predicted octanol–water partition coefficient (Wildman–Crippen LogP) is 9.79. The fourth-order valence-corrected chi connectivity index (χ4v) is 4.91. The lowest BCUT2D eigenvalue weighted by Gasteiger charge is -2.23. The highest BCUT2D eigenvalue weighted by atomic mass is 16.6. The molecule has 0 bridgehead atoms. The molecule has 0 N–H and O–H groups in total. The van der Waals surface area contributed by atoms with Gasteiger partial charge in [-0.25, -0.2) is 0 Å². The maximum Gasteiger partial charge on any atom is 0.306 e. The van der Waals surface area contributed by atoms with E-state index in [0.29, 0.717) is 38.5 Å². The SMILES string of the molecule is CCCCCCCCCC(=O)OC(C)CC(CCC(C)OC(=O)CCCCCCC)OC(=O)CCCCCCC. The van der Waals surface area contributed by atoms with Crippen LogP contribution >= 0.6 is 0 Å². The van der Waals surface area contributed by atoms with Crippen LogP contribution in [0.25, 0.3) is 0 Å². The molecular weight excluding hydrogens is 504 g/mol. The summed E-state index contributed by atoms with van der Waals surface area (Å²) in [7, 11) is 0. The van der Waals surface area contributed by atoms with Gasteiger partial charge in [0.15, 0.2) is 0 Å². The molecule has 3 unspecified atom stereocenters. The van der Waals surface area contributed by atoms with E-state index in [0.717, 1.165) is 51.4 Å². The second-order valence-corrected chi connectivity index (χ2v) is 11.7. The molecule has 0 aliphatic heterocycles. The molecule has 3 atom stereocenters. The van der Waals surface area contributed by atoms with E-state index in [4.69, 9.17) is 14.2 Å². The highest BCUT2D eigenvalue weighted by molar-refractivity contribution is 5.70. The van der Waals surface area contributed by atoms with Gasteiger partial charge in [0.25, 0.3) is 0 Å². The van der Waals surface area contributed by atoms with E-state index in [1.54, 1.807) is 0 Å². The van der Waals surface area contributed by atoms with Gasteiger partial charge in [-0.2, -0.15) is 0 Å². The maximum atomic E-state index is 12.6. The highest BCUT2D eigenvalue weighted by Crippen LogP contribution is 2.18. The maximum absolute atomic E-state index is 12.6. The number of rotatable bonds is 28. The first-order chi connectivity index (χ1) is 19.3. The molecule has 0 saturated carbocycles. The van der Waals surface area contributed by atoms with E-state index < -0.39 is 0 Å². The van der Waals surface area contributed by atoms with Crippen LogP contribution in [0.1, 0.15) is 182 Å². The Morgan fingerprint density at radius 2 is 0.800 bits per heavy atom. The fraction of sp³-hybridized carbons (Fsp3) is 0.912. The van der Waals surface area contributed by atoms with Gasteiger partial charge in [-0.15, -0.1) is 0 Å². The third-order valence-corrected chi connectivity index (χ3v) is 7.41. The van der Waals surface area contributed by atoms with Crippen LogP contribution in [0.5, 0.6) is 0 Å². The quantitative estimate of drug-likeness (QED) is 0.0531. The molecule has 0 aromatic rings. The standard InChI is InChI=1S/C34H64O6/c1-6-9-12-15-16-19-22-24-33(36)39-30(5)28-31(40-34(37)25-21-18-14-11-8-3)27-26-29(4)38-32(35)23-20-17-13-10-7-2/h29-31H,6-28H2,1-5H3. The van der Waals surface area contributed by atoms with Gasteiger partial charge in [-0.3, -0.25) is 14.4 Å². The molecule has 0 aliphatic carbocycles. The lowest BCUT2D eigenvalue weighted by Crippen LogP contribution is -2.27. The molecule has 6 heteroatoms. The third-order valence-electron chi connectivity index (χ3n) is 7.41. The van der Waals surface area contributed by atoms with Crippen molar-refractivity contribution in [1.82, 2.24) is 0 Å². The Bertz CT molecular complexity index is 620. The van der Waals surface area contributed by atoms with Gasteiger partial charge in [-0.1, -0.05) is 111 Å². The van der Waals surface area contributed by atoms with Gasteiger partial charge in [0.05, 0.1) is 6.10 Å². The molecule has 0 saturated heterocycles. The topological polar surface area (TPSA) is 78.9 Å². The van der Waals surface area contributed by atoms with Crippen LogP contribution in [0.4, 0.5) is 0 Å². The molecular formula is C34H64O6. The summed E-state index contributed by atoms with van der Waals surface area (Å²) in [5, 5.41) is 0. The summed E-state index contributed by atoms with van der Waals surface area (Å²) in [4.78, 5) is 37.1. The lowest BCUT2D eigenvalue weighted by atomic mass is 10.0. The van der Waals surface area contributed by atoms with Crippen molar-refractivity contribution in [2.75, 3.05) is 0 Å². The zero-order valence-electron chi connectivity index (χ0n) is 26.9. The molecule has 0 aromatic heterocycles. The van der Waals surface area contributed by atoms with E-state index in [1.165, 1.54) is 57.8 Å². The van der Waals surface area contributed by atoms with E-state index in [-0.39, 0.29) is 36.2 Å². The van der Waals surface area contributed by atoms with Crippen LogP contribution in [0.15, 0.2) is 0 Å². The average Bonchev–Trinajstić information content (AvgIpc) is 2.91. The van der Waals surface area contributed by atoms with Crippen molar-refractivity contribution < 1.29 is 28.6 Å². The number of unbranched alkanes of at least 4 members (excludes halogenated alkanes) is 14. The van der Waals surface area contributed by atoms with Crippen LogP contribution in [-0.4, -0.2) is 36.2 Å². The van der Waals surface area contributed by atoms with Crippen molar-refractivity contribution in [3.63, 3.8) is 0 Å². The minimum Gasteiger partial charge on any atom is -0.463 e. The summed E-state index contributed by atoms with van der Waals surface area (Å²) < 4.78 is 17.1. The predicted molar refractivity (Wildman–Crippen MR) is 164 cm³/mol. The van der Waals surface area contributed by atoms with E-state index in [9.17, 15) is 14.4 Å². The lowest BCUT2D eigenvalue weighted by molar-refractivity contribution is -0.157. The monoisotopic (exact) mass is 568 g/mol. The number of carbonyl (C=O) groups is 3. The third kappa shape index (κ3) is 25.4. The Morgan fingerprint density at radius 3 is 1.23 bits per heavy atom. The van der Waals surface area contributed by atoms with Crippen molar-refractivity contribution in [3.05, 3.63) is 0 Å². The summed E-state index contributed by atoms with van der Waals surface area (Å²) in [6.07, 6.45) is 21.0. The van der Waals surface area contributed by atoms with Gasteiger partial charge in [0.1, 0.15) is 12.2 Å². The van der Waals surface area contributed by atoms with Gasteiger partial charge >= 0.3 is 17.9 Å². The molecule has 0 fully saturated rings. The first-order valence-electron chi connectivity index (χ1n) is 16.9. The Balaban J connectivity index is 4.59. The average molecular weight is 569 g/mol. The number of hydrogen-bond acceptors (Lipinski definition) is 6. The molecule has 0 spiro atoms. The van der Waals surface area contributed by atoms with Crippen molar-refractivity contribution >= 4 is 17.9 Å². The Kier molecular flexibility index (Phi) is 26.5. The molecule has 0 amide bonds. The summed E-state index contributed by atoms with van der Waals surface area (Å²) in [5.74, 6) is -0.527. The molecule has 40 heavy (non-hydrogen) atoms. The van der Waals surface area contributed by atoms with E-state index in [2.05, 4.69) is 20.8 Å².